The monoisotopic (exact) mass is 473 g/mol. The van der Waals surface area contributed by atoms with Gasteiger partial charge >= 0.3 is 5.97 Å². The summed E-state index contributed by atoms with van der Waals surface area (Å²) in [5.74, 6) is 0.986. The van der Waals surface area contributed by atoms with E-state index in [0.717, 1.165) is 56.3 Å². The Balaban J connectivity index is 2.19. The minimum Gasteiger partial charge on any atom is -0.468 e. The number of aliphatic hydroxyl groups excluding tert-OH is 1. The lowest BCUT2D eigenvalue weighted by Crippen LogP contribution is -2.26. The van der Waals surface area contributed by atoms with Crippen LogP contribution in [0.15, 0.2) is 34.7 Å². The molecule has 0 saturated heterocycles. The van der Waals surface area contributed by atoms with Crippen LogP contribution in [0, 0.1) is 0 Å². The fourth-order valence-electron chi connectivity index (χ4n) is 4.00. The van der Waals surface area contributed by atoms with Gasteiger partial charge in [0.1, 0.15) is 12.2 Å². The summed E-state index contributed by atoms with van der Waals surface area (Å²) in [5.41, 5.74) is 1.97. The normalized spacial score (nSPS) is 12.0. The molecule has 0 aliphatic heterocycles. The van der Waals surface area contributed by atoms with E-state index in [4.69, 9.17) is 19.2 Å². The average Bonchev–Trinajstić information content (AvgIpc) is 3.26. The lowest BCUT2D eigenvalue weighted by Gasteiger charge is -2.17. The number of anilines is 1. The molecule has 1 heterocycles. The van der Waals surface area contributed by atoms with E-state index in [1.54, 1.807) is 4.90 Å². The van der Waals surface area contributed by atoms with E-state index in [9.17, 15) is 4.79 Å². The van der Waals surface area contributed by atoms with Gasteiger partial charge in [-0.2, -0.15) is 0 Å². The van der Waals surface area contributed by atoms with E-state index in [2.05, 4.69) is 24.4 Å². The first kappa shape index (κ1) is 27.9. The summed E-state index contributed by atoms with van der Waals surface area (Å²) in [6.07, 6.45) is 10.4. The maximum atomic E-state index is 11.9. The number of hydrogen-bond acceptors (Lipinski definition) is 7. The number of carbonyl (C=O) groups is 1. The van der Waals surface area contributed by atoms with Gasteiger partial charge < -0.3 is 24.5 Å². The van der Waals surface area contributed by atoms with Crippen molar-refractivity contribution >= 4 is 11.9 Å². The highest BCUT2D eigenvalue weighted by Crippen LogP contribution is 2.29. The second kappa shape index (κ2) is 16.3. The third-order valence-corrected chi connectivity index (χ3v) is 5.97. The van der Waals surface area contributed by atoms with E-state index in [0.29, 0.717) is 18.2 Å². The molecule has 34 heavy (non-hydrogen) atoms. The predicted octanol–water partition coefficient (Wildman–Crippen LogP) is 5.03. The third kappa shape index (κ3) is 9.85. The van der Waals surface area contributed by atoms with Crippen LogP contribution in [0.2, 0.25) is 0 Å². The molecule has 0 aliphatic rings. The molecule has 1 aromatic heterocycles. The van der Waals surface area contributed by atoms with Crippen LogP contribution in [-0.4, -0.2) is 49.9 Å². The summed E-state index contributed by atoms with van der Waals surface area (Å²) in [7, 11) is 3.23. The predicted molar refractivity (Wildman–Crippen MR) is 136 cm³/mol. The van der Waals surface area contributed by atoms with Crippen LogP contribution in [0.5, 0.6) is 0 Å². The first-order valence-corrected chi connectivity index (χ1v) is 12.7. The van der Waals surface area contributed by atoms with E-state index in [1.165, 1.54) is 26.4 Å². The van der Waals surface area contributed by atoms with Crippen molar-refractivity contribution in [1.29, 1.82) is 0 Å². The molecule has 2 rings (SSSR count). The minimum absolute atomic E-state index is 0.0319. The van der Waals surface area contributed by atoms with Crippen molar-refractivity contribution < 1.29 is 19.1 Å². The number of aliphatic hydroxyl groups is 1. The van der Waals surface area contributed by atoms with Crippen molar-refractivity contribution in [3.05, 3.63) is 47.5 Å². The standard InChI is InChI=1S/C27H43N3O4/c1-4-5-6-12-17-23(28-18-13-7-8-14-19-31)26-29-24(20-22-15-10-9-11-16-22)27(34-26)30(2)21-25(32)33-3/h9-11,15-16,23,28,31H,4-8,12-14,17-21H2,1-3H3. The maximum absolute atomic E-state index is 11.9. The average molecular weight is 474 g/mol. The Labute approximate surface area is 204 Å². The van der Waals surface area contributed by atoms with Gasteiger partial charge in [0.2, 0.25) is 11.8 Å². The van der Waals surface area contributed by atoms with Crippen molar-refractivity contribution in [2.24, 2.45) is 0 Å². The highest BCUT2D eigenvalue weighted by atomic mass is 16.5. The van der Waals surface area contributed by atoms with Gasteiger partial charge in [-0.1, -0.05) is 75.8 Å². The summed E-state index contributed by atoms with van der Waals surface area (Å²) < 4.78 is 11.2. The van der Waals surface area contributed by atoms with Crippen LogP contribution in [-0.2, 0) is 16.0 Å². The van der Waals surface area contributed by atoms with E-state index in [-0.39, 0.29) is 25.2 Å². The molecule has 0 amide bonds. The molecule has 0 radical (unpaired) electrons. The fraction of sp³-hybridized carbons (Fsp3) is 0.630. The lowest BCUT2D eigenvalue weighted by molar-refractivity contribution is -0.138. The van der Waals surface area contributed by atoms with Gasteiger partial charge in [0, 0.05) is 20.1 Å². The zero-order chi connectivity index (χ0) is 24.6. The number of aromatic nitrogens is 1. The Hall–Kier alpha value is -2.38. The number of esters is 1. The number of rotatable bonds is 18. The Morgan fingerprint density at radius 3 is 2.56 bits per heavy atom. The van der Waals surface area contributed by atoms with Crippen molar-refractivity contribution in [1.82, 2.24) is 10.3 Å². The van der Waals surface area contributed by atoms with Crippen LogP contribution in [0.25, 0.3) is 0 Å². The first-order chi connectivity index (χ1) is 16.6. The zero-order valence-electron chi connectivity index (χ0n) is 21.2. The SMILES string of the molecule is CCCCCCC(NCCCCCCO)c1nc(Cc2ccccc2)c(N(C)CC(=O)OC)o1. The number of nitrogens with one attached hydrogen (secondary N) is 1. The number of ether oxygens (including phenoxy) is 1. The van der Waals surface area contributed by atoms with Crippen molar-refractivity contribution in [3.63, 3.8) is 0 Å². The number of unbranched alkanes of at least 4 members (excludes halogenated alkanes) is 6. The number of methoxy groups -OCH3 is 1. The van der Waals surface area contributed by atoms with Gasteiger partial charge in [0.25, 0.3) is 0 Å². The number of carbonyl (C=O) groups excluding carboxylic acids is 1. The molecule has 0 fully saturated rings. The fourth-order valence-corrected chi connectivity index (χ4v) is 4.00. The number of hydrogen-bond donors (Lipinski definition) is 2. The van der Waals surface area contributed by atoms with Crippen molar-refractivity contribution in [2.75, 3.05) is 38.8 Å². The van der Waals surface area contributed by atoms with Gasteiger partial charge in [-0.3, -0.25) is 4.79 Å². The maximum Gasteiger partial charge on any atom is 0.325 e. The summed E-state index contributed by atoms with van der Waals surface area (Å²) in [6.45, 7) is 3.46. The van der Waals surface area contributed by atoms with Gasteiger partial charge in [-0.25, -0.2) is 4.98 Å². The quantitative estimate of drug-likeness (QED) is 0.232. The van der Waals surface area contributed by atoms with Crippen molar-refractivity contribution in [3.8, 4) is 0 Å². The second-order valence-corrected chi connectivity index (χ2v) is 8.89. The van der Waals surface area contributed by atoms with Gasteiger partial charge in [-0.05, 0) is 31.4 Å². The van der Waals surface area contributed by atoms with Crippen LogP contribution in [0.1, 0.15) is 87.9 Å². The summed E-state index contributed by atoms with van der Waals surface area (Å²) >= 11 is 0. The highest BCUT2D eigenvalue weighted by Gasteiger charge is 2.24. The number of oxazole rings is 1. The lowest BCUT2D eigenvalue weighted by atomic mass is 10.1. The minimum atomic E-state index is -0.316. The second-order valence-electron chi connectivity index (χ2n) is 8.89. The highest BCUT2D eigenvalue weighted by molar-refractivity contribution is 5.75. The molecule has 2 aromatic rings. The zero-order valence-corrected chi connectivity index (χ0v) is 21.2. The third-order valence-electron chi connectivity index (χ3n) is 5.97. The molecule has 1 atom stereocenters. The molecule has 0 spiro atoms. The molecule has 7 nitrogen and oxygen atoms in total. The molecular formula is C27H43N3O4. The molecular weight excluding hydrogens is 430 g/mol. The molecule has 1 unspecified atom stereocenters. The summed E-state index contributed by atoms with van der Waals surface area (Å²) in [4.78, 5) is 18.6. The smallest absolute Gasteiger partial charge is 0.325 e. The Bertz CT molecular complexity index is 809. The van der Waals surface area contributed by atoms with Crippen LogP contribution in [0.4, 0.5) is 5.88 Å². The van der Waals surface area contributed by atoms with Gasteiger partial charge in [-0.15, -0.1) is 0 Å². The number of benzene rings is 1. The topological polar surface area (TPSA) is 87.8 Å². The van der Waals surface area contributed by atoms with Crippen LogP contribution >= 0.6 is 0 Å². The molecule has 1 aromatic carbocycles. The summed E-state index contributed by atoms with van der Waals surface area (Å²) in [5, 5.41) is 12.6. The van der Waals surface area contributed by atoms with Crippen molar-refractivity contribution in [2.45, 2.75) is 77.2 Å². The van der Waals surface area contributed by atoms with E-state index >= 15 is 0 Å². The molecule has 0 saturated carbocycles. The van der Waals surface area contributed by atoms with Crippen LogP contribution in [0.3, 0.4) is 0 Å². The van der Waals surface area contributed by atoms with Crippen LogP contribution < -0.4 is 10.2 Å². The molecule has 0 bridgehead atoms. The number of likely N-dealkylation sites (N-methyl/N-ethyl adjacent to an activating group) is 1. The molecule has 7 heteroatoms. The van der Waals surface area contributed by atoms with E-state index in [1.807, 2.05) is 25.2 Å². The largest absolute Gasteiger partial charge is 0.468 e. The molecule has 190 valence electrons. The Morgan fingerprint density at radius 1 is 1.12 bits per heavy atom. The molecule has 0 aliphatic carbocycles. The Kier molecular flexibility index (Phi) is 13.3. The van der Waals surface area contributed by atoms with Gasteiger partial charge in [0.05, 0.1) is 13.2 Å². The summed E-state index contributed by atoms with van der Waals surface area (Å²) in [6, 6.07) is 10.2. The molecule has 2 N–H and O–H groups in total. The Morgan fingerprint density at radius 2 is 1.85 bits per heavy atom. The first-order valence-electron chi connectivity index (χ1n) is 12.7. The number of nitrogens with zero attached hydrogens (tertiary/aromatic N) is 2. The van der Waals surface area contributed by atoms with E-state index < -0.39 is 0 Å². The van der Waals surface area contributed by atoms with Gasteiger partial charge in [0.15, 0.2) is 0 Å².